The van der Waals surface area contributed by atoms with Gasteiger partial charge in [0.2, 0.25) is 0 Å². The average molecular weight is 503 g/mol. The monoisotopic (exact) mass is 502 g/mol. The highest BCUT2D eigenvalue weighted by Crippen LogP contribution is 2.19. The highest BCUT2D eigenvalue weighted by Gasteiger charge is 2.01. The lowest BCUT2D eigenvalue weighted by Gasteiger charge is -2.01. The van der Waals surface area contributed by atoms with Crippen molar-refractivity contribution in [1.29, 1.82) is 0 Å². The summed E-state index contributed by atoms with van der Waals surface area (Å²) in [6, 6.07) is 27.0. The minimum atomic E-state index is 0.547. The van der Waals surface area contributed by atoms with Crippen LogP contribution in [0.5, 0.6) is 0 Å². The molecule has 0 radical (unpaired) electrons. The van der Waals surface area contributed by atoms with E-state index in [0.29, 0.717) is 23.7 Å². The maximum atomic E-state index is 4.23. The predicted molar refractivity (Wildman–Crippen MR) is 160 cm³/mol. The number of aryl methyl sites for hydroxylation is 1. The van der Waals surface area contributed by atoms with Crippen LogP contribution in [-0.4, -0.2) is 9.97 Å². The van der Waals surface area contributed by atoms with Gasteiger partial charge < -0.3 is 0 Å². The molecule has 0 N–H and O–H groups in total. The Morgan fingerprint density at radius 3 is 1.22 bits per heavy atom. The molecule has 2 aromatic carbocycles. The number of nitrogens with zero attached hydrogens (tertiary/aromatic N) is 2. The van der Waals surface area contributed by atoms with Crippen LogP contribution in [0.25, 0.3) is 0 Å². The molecule has 194 valence electrons. The van der Waals surface area contributed by atoms with Gasteiger partial charge in [0.25, 0.3) is 0 Å². The molecule has 0 aliphatic rings. The summed E-state index contributed by atoms with van der Waals surface area (Å²) < 4.78 is 0. The molecule has 2 aromatic heterocycles. The van der Waals surface area contributed by atoms with Crippen molar-refractivity contribution < 1.29 is 0 Å². The molecule has 0 spiro atoms. The van der Waals surface area contributed by atoms with Gasteiger partial charge in [0, 0.05) is 28.9 Å². The van der Waals surface area contributed by atoms with E-state index in [0.717, 1.165) is 5.69 Å². The van der Waals surface area contributed by atoms with Crippen LogP contribution in [0.1, 0.15) is 106 Å². The summed E-state index contributed by atoms with van der Waals surface area (Å²) in [7, 11) is 0. The highest BCUT2D eigenvalue weighted by molar-refractivity contribution is 7.11. The fourth-order valence-electron chi connectivity index (χ4n) is 3.03. The van der Waals surface area contributed by atoms with Crippen LogP contribution in [0.2, 0.25) is 0 Å². The molecule has 0 amide bonds. The molecule has 4 aromatic rings. The molecular weight excluding hydrogens is 456 g/mol. The molecule has 2 nitrogen and oxygen atoms in total. The summed E-state index contributed by atoms with van der Waals surface area (Å²) in [6.45, 7) is 19.5. The summed E-state index contributed by atoms with van der Waals surface area (Å²) in [5, 5.41) is 1.24. The van der Waals surface area contributed by atoms with Gasteiger partial charge in [-0.3, -0.25) is 4.98 Å². The van der Waals surface area contributed by atoms with E-state index in [1.54, 1.807) is 11.3 Å². The molecule has 36 heavy (non-hydrogen) atoms. The molecule has 0 aliphatic heterocycles. The number of hydrogen-bond acceptors (Lipinski definition) is 3. The quantitative estimate of drug-likeness (QED) is 0.277. The number of rotatable bonds is 4. The second kappa shape index (κ2) is 17.6. The van der Waals surface area contributed by atoms with Gasteiger partial charge in [0.05, 0.1) is 5.01 Å². The predicted octanol–water partition coefficient (Wildman–Crippen LogP) is 10.4. The first-order chi connectivity index (χ1) is 17.1. The molecule has 2 heterocycles. The van der Waals surface area contributed by atoms with Crippen LogP contribution in [-0.2, 0) is 0 Å². The van der Waals surface area contributed by atoms with Crippen molar-refractivity contribution in [3.63, 3.8) is 0 Å². The first kappa shape index (κ1) is 31.3. The fraction of sp³-hybridized carbons (Fsp3) is 0.394. The Hall–Kier alpha value is -2.78. The summed E-state index contributed by atoms with van der Waals surface area (Å²) in [5.74, 6) is 2.45. The molecule has 0 saturated carbocycles. The van der Waals surface area contributed by atoms with Crippen LogP contribution in [0.15, 0.2) is 91.3 Å². The van der Waals surface area contributed by atoms with E-state index in [2.05, 4.69) is 121 Å². The molecule has 0 saturated heterocycles. The van der Waals surface area contributed by atoms with Crippen LogP contribution < -0.4 is 0 Å². The maximum Gasteiger partial charge on any atom is 0.0952 e. The molecule has 0 atom stereocenters. The summed E-state index contributed by atoms with van der Waals surface area (Å²) in [5.41, 5.74) is 3.99. The van der Waals surface area contributed by atoms with Gasteiger partial charge in [-0.1, -0.05) is 122 Å². The maximum absolute atomic E-state index is 4.23. The van der Waals surface area contributed by atoms with E-state index in [-0.39, 0.29) is 0 Å². The van der Waals surface area contributed by atoms with Gasteiger partial charge in [-0.25, -0.2) is 4.98 Å². The van der Waals surface area contributed by atoms with Crippen molar-refractivity contribution in [1.82, 2.24) is 9.97 Å². The molecule has 0 fully saturated rings. The zero-order valence-corrected chi connectivity index (χ0v) is 24.6. The van der Waals surface area contributed by atoms with Crippen molar-refractivity contribution >= 4 is 11.3 Å². The van der Waals surface area contributed by atoms with E-state index in [1.807, 2.05) is 42.7 Å². The van der Waals surface area contributed by atoms with Crippen molar-refractivity contribution in [2.75, 3.05) is 0 Å². The Bertz CT molecular complexity index is 933. The Morgan fingerprint density at radius 2 is 1.00 bits per heavy atom. The Kier molecular flexibility index (Phi) is 15.3. The smallest absolute Gasteiger partial charge is 0.0952 e. The third-order valence-corrected chi connectivity index (χ3v) is 6.56. The van der Waals surface area contributed by atoms with Crippen LogP contribution >= 0.6 is 11.3 Å². The normalized spacial score (nSPS) is 10.2. The minimum absolute atomic E-state index is 0.547. The van der Waals surface area contributed by atoms with E-state index in [1.165, 1.54) is 21.0 Å². The first-order valence-corrected chi connectivity index (χ1v) is 13.9. The van der Waals surface area contributed by atoms with Gasteiger partial charge in [0.1, 0.15) is 0 Å². The van der Waals surface area contributed by atoms with Crippen molar-refractivity contribution in [2.24, 2.45) is 0 Å². The summed E-state index contributed by atoms with van der Waals surface area (Å²) in [6.07, 6.45) is 3.76. The molecule has 4 rings (SSSR count). The molecule has 0 unspecified atom stereocenters. The third kappa shape index (κ3) is 13.3. The Balaban J connectivity index is 0.000000240. The molecule has 3 heteroatoms. The third-order valence-electron chi connectivity index (χ3n) is 5.34. The first-order valence-electron chi connectivity index (χ1n) is 13.0. The Morgan fingerprint density at radius 1 is 0.528 bits per heavy atom. The van der Waals surface area contributed by atoms with Crippen LogP contribution in [0.4, 0.5) is 0 Å². The largest absolute Gasteiger partial charge is 0.261 e. The van der Waals surface area contributed by atoms with E-state index >= 15 is 0 Å². The van der Waals surface area contributed by atoms with E-state index in [9.17, 15) is 0 Å². The van der Waals surface area contributed by atoms with Crippen molar-refractivity contribution in [3.8, 4) is 0 Å². The van der Waals surface area contributed by atoms with Gasteiger partial charge in [-0.2, -0.15) is 0 Å². The van der Waals surface area contributed by atoms with Crippen molar-refractivity contribution in [2.45, 2.75) is 86.0 Å². The second-order valence-corrected chi connectivity index (χ2v) is 11.3. The van der Waals surface area contributed by atoms with E-state index in [4.69, 9.17) is 0 Å². The SMILES string of the molecule is CC(C)c1ccccc1.CC(C)c1ccccc1.CC(C)c1ccccn1.Cc1cnc(C(C)C)s1. The van der Waals surface area contributed by atoms with Gasteiger partial charge in [-0.05, 0) is 47.9 Å². The molecule has 0 aliphatic carbocycles. The lowest BCUT2D eigenvalue weighted by molar-refractivity contribution is 0.823. The second-order valence-electron chi connectivity index (χ2n) is 10.0. The number of thiazole rings is 1. The van der Waals surface area contributed by atoms with Crippen LogP contribution in [0.3, 0.4) is 0 Å². The molecule has 0 bridgehead atoms. The summed E-state index contributed by atoms with van der Waals surface area (Å²) in [4.78, 5) is 9.72. The fourth-order valence-corrected chi connectivity index (χ4v) is 3.81. The number of benzene rings is 2. The van der Waals surface area contributed by atoms with E-state index < -0.39 is 0 Å². The van der Waals surface area contributed by atoms with Crippen LogP contribution in [0, 0.1) is 6.92 Å². The number of aromatic nitrogens is 2. The van der Waals surface area contributed by atoms with Crippen molar-refractivity contribution in [3.05, 3.63) is 118 Å². The highest BCUT2D eigenvalue weighted by atomic mass is 32.1. The Labute approximate surface area is 224 Å². The lowest BCUT2D eigenvalue weighted by atomic mass is 10.0. The average Bonchev–Trinajstić information content (AvgIpc) is 3.33. The lowest BCUT2D eigenvalue weighted by Crippen LogP contribution is -1.88. The topological polar surface area (TPSA) is 25.8 Å². The zero-order chi connectivity index (χ0) is 26.9. The van der Waals surface area contributed by atoms with Gasteiger partial charge in [0.15, 0.2) is 0 Å². The number of hydrogen-bond donors (Lipinski definition) is 0. The standard InChI is InChI=1S/2C9H12.C8H11N.C7H11NS/c2*1-8(2)9-6-4-3-5-7-9;1-7(2)8-5-3-4-6-9-8;1-5(2)7-8-4-6(3)9-7/h2*3-8H,1-2H3;3-7H,1-2H3;4-5H,1-3H3. The van der Waals surface area contributed by atoms with Gasteiger partial charge >= 0.3 is 0 Å². The zero-order valence-electron chi connectivity index (χ0n) is 23.8. The summed E-state index contributed by atoms with van der Waals surface area (Å²) >= 11 is 1.78. The molecular formula is C33H46N2S. The minimum Gasteiger partial charge on any atom is -0.261 e. The number of pyridine rings is 1. The van der Waals surface area contributed by atoms with Gasteiger partial charge in [-0.15, -0.1) is 11.3 Å².